The molecule has 1 aliphatic carbocycles. The zero-order chi connectivity index (χ0) is 19.9. The summed E-state index contributed by atoms with van der Waals surface area (Å²) >= 11 is 0. The van der Waals surface area contributed by atoms with Crippen molar-refractivity contribution in [1.82, 2.24) is 9.97 Å². The Morgan fingerprint density at radius 2 is 1.69 bits per heavy atom. The fourth-order valence-electron chi connectivity index (χ4n) is 4.02. The molecule has 2 aliphatic heterocycles. The maximum Gasteiger partial charge on any atom is 0.125 e. The Bertz CT molecular complexity index is 767. The molecule has 6 nitrogen and oxygen atoms in total. The summed E-state index contributed by atoms with van der Waals surface area (Å²) in [5, 5.41) is 0. The molecule has 0 amide bonds. The number of piperidine rings is 1. The normalized spacial score (nSPS) is 19.4. The largest absolute Gasteiger partial charge is 0.384 e. The maximum atomic E-state index is 5.60. The van der Waals surface area contributed by atoms with Crippen molar-refractivity contribution in [2.45, 2.75) is 38.5 Å². The number of ether oxygens (including phenoxy) is 1. The molecule has 156 valence electrons. The van der Waals surface area contributed by atoms with Crippen molar-refractivity contribution >= 4 is 17.2 Å². The highest BCUT2D eigenvalue weighted by atomic mass is 16.5. The summed E-state index contributed by atoms with van der Waals surface area (Å²) in [6.45, 7) is 5.89. The van der Waals surface area contributed by atoms with Gasteiger partial charge in [-0.25, -0.2) is 4.98 Å². The fourth-order valence-corrected chi connectivity index (χ4v) is 4.02. The molecule has 2 saturated heterocycles. The van der Waals surface area contributed by atoms with Crippen molar-refractivity contribution in [3.05, 3.63) is 42.4 Å². The van der Waals surface area contributed by atoms with E-state index in [-0.39, 0.29) is 0 Å². The molecule has 5 rings (SSSR count). The van der Waals surface area contributed by atoms with E-state index in [4.69, 9.17) is 10.5 Å². The summed E-state index contributed by atoms with van der Waals surface area (Å²) in [6.07, 6.45) is 14.0. The molecule has 29 heavy (non-hydrogen) atoms. The Morgan fingerprint density at radius 1 is 0.931 bits per heavy atom. The average molecular weight is 396 g/mol. The van der Waals surface area contributed by atoms with Crippen LogP contribution >= 0.6 is 0 Å². The van der Waals surface area contributed by atoms with E-state index in [0.29, 0.717) is 5.82 Å². The van der Waals surface area contributed by atoms with Gasteiger partial charge in [0.25, 0.3) is 0 Å². The lowest BCUT2D eigenvalue weighted by Crippen LogP contribution is -2.36. The van der Waals surface area contributed by atoms with Crippen molar-refractivity contribution in [2.75, 3.05) is 54.9 Å². The molecule has 0 radical (unpaired) electrons. The predicted molar refractivity (Wildman–Crippen MR) is 118 cm³/mol. The van der Waals surface area contributed by atoms with Crippen LogP contribution in [0.15, 0.2) is 36.8 Å². The number of nitrogen functional groups attached to an aromatic ring is 1. The fraction of sp³-hybridized carbons (Fsp3) is 0.565. The van der Waals surface area contributed by atoms with Crippen molar-refractivity contribution in [3.63, 3.8) is 0 Å². The Kier molecular flexibility index (Phi) is 6.83. The van der Waals surface area contributed by atoms with Crippen molar-refractivity contribution in [3.8, 4) is 0 Å². The molecule has 3 fully saturated rings. The summed E-state index contributed by atoms with van der Waals surface area (Å²) in [5.41, 5.74) is 9.51. The number of nitrogens with two attached hydrogens (primary N) is 1. The molecule has 6 heteroatoms. The third-order valence-corrected chi connectivity index (χ3v) is 5.86. The van der Waals surface area contributed by atoms with Gasteiger partial charge in [0.05, 0.1) is 25.1 Å². The van der Waals surface area contributed by atoms with E-state index >= 15 is 0 Å². The van der Waals surface area contributed by atoms with Gasteiger partial charge in [0.1, 0.15) is 5.82 Å². The number of pyridine rings is 2. The molecule has 0 atom stereocenters. The van der Waals surface area contributed by atoms with Gasteiger partial charge in [-0.05, 0) is 62.1 Å². The lowest BCUT2D eigenvalue weighted by molar-refractivity contribution is 0.122. The Labute approximate surface area is 174 Å². The summed E-state index contributed by atoms with van der Waals surface area (Å²) in [7, 11) is 0. The molecule has 2 aromatic heterocycles. The molecular formula is C23H33N5O. The second-order valence-electron chi connectivity index (χ2n) is 8.28. The van der Waals surface area contributed by atoms with E-state index in [0.717, 1.165) is 37.9 Å². The molecule has 4 heterocycles. The van der Waals surface area contributed by atoms with Gasteiger partial charge in [-0.2, -0.15) is 0 Å². The highest BCUT2D eigenvalue weighted by molar-refractivity contribution is 5.52. The summed E-state index contributed by atoms with van der Waals surface area (Å²) < 4.78 is 5.26. The number of hydrogen-bond donors (Lipinski definition) is 1. The number of anilines is 3. The minimum absolute atomic E-state index is 0.573. The molecule has 2 N–H and O–H groups in total. The molecular weight excluding hydrogens is 362 g/mol. The van der Waals surface area contributed by atoms with Gasteiger partial charge in [0.2, 0.25) is 0 Å². The Balaban J connectivity index is 0.000000145. The molecule has 0 aromatic carbocycles. The van der Waals surface area contributed by atoms with Crippen LogP contribution in [-0.4, -0.2) is 49.4 Å². The first kappa shape index (κ1) is 20.0. The Morgan fingerprint density at radius 3 is 2.41 bits per heavy atom. The van der Waals surface area contributed by atoms with Crippen molar-refractivity contribution in [1.29, 1.82) is 0 Å². The van der Waals surface area contributed by atoms with Gasteiger partial charge in [0, 0.05) is 50.3 Å². The maximum absolute atomic E-state index is 5.60. The molecule has 3 aliphatic rings. The predicted octanol–water partition coefficient (Wildman–Crippen LogP) is 3.52. The highest BCUT2D eigenvalue weighted by Crippen LogP contribution is 2.33. The van der Waals surface area contributed by atoms with Crippen LogP contribution in [0.3, 0.4) is 0 Å². The lowest BCUT2D eigenvalue weighted by atomic mass is 10.1. The van der Waals surface area contributed by atoms with Crippen LogP contribution < -0.4 is 15.5 Å². The van der Waals surface area contributed by atoms with Gasteiger partial charge in [0.15, 0.2) is 0 Å². The molecule has 2 aromatic rings. The average Bonchev–Trinajstić information content (AvgIpc) is 3.60. The van der Waals surface area contributed by atoms with Crippen LogP contribution in [0.1, 0.15) is 37.7 Å². The van der Waals surface area contributed by atoms with E-state index in [2.05, 4.69) is 25.8 Å². The first-order chi connectivity index (χ1) is 14.3. The standard InChI is InChI=1S/C14H20N2.C9H13N3O/c1-2-6-16(7-3-1)14-9-13(10-15-11-14)8-12-4-5-12;10-9-7-8(1-2-11-9)12-3-5-13-6-4-12/h9-12H,1-8H2;1-2,7H,3-6H2,(H2,10,11). The number of hydrogen-bond acceptors (Lipinski definition) is 6. The van der Waals surface area contributed by atoms with E-state index in [9.17, 15) is 0 Å². The zero-order valence-corrected chi connectivity index (χ0v) is 17.3. The molecule has 0 unspecified atom stereocenters. The third-order valence-electron chi connectivity index (χ3n) is 5.86. The quantitative estimate of drug-likeness (QED) is 0.854. The topological polar surface area (TPSA) is 67.5 Å². The van der Waals surface area contributed by atoms with Crippen LogP contribution in [0.4, 0.5) is 17.2 Å². The van der Waals surface area contributed by atoms with E-state index < -0.39 is 0 Å². The molecule has 0 bridgehead atoms. The first-order valence-corrected chi connectivity index (χ1v) is 11.0. The SMILES string of the molecule is Nc1cc(N2CCOCC2)ccn1.c1ncc(N2CCCCC2)cc1CC1CC1. The van der Waals surface area contributed by atoms with Gasteiger partial charge >= 0.3 is 0 Å². The van der Waals surface area contributed by atoms with Gasteiger partial charge in [-0.15, -0.1) is 0 Å². The second-order valence-corrected chi connectivity index (χ2v) is 8.28. The smallest absolute Gasteiger partial charge is 0.125 e. The molecule has 1 saturated carbocycles. The summed E-state index contributed by atoms with van der Waals surface area (Å²) in [6, 6.07) is 6.23. The minimum Gasteiger partial charge on any atom is -0.384 e. The number of aromatic nitrogens is 2. The van der Waals surface area contributed by atoms with E-state index in [1.165, 1.54) is 62.9 Å². The number of rotatable bonds is 4. The monoisotopic (exact) mass is 395 g/mol. The number of morpholine rings is 1. The Hall–Kier alpha value is -2.34. The highest BCUT2D eigenvalue weighted by Gasteiger charge is 2.22. The van der Waals surface area contributed by atoms with Crippen LogP contribution in [-0.2, 0) is 11.2 Å². The van der Waals surface area contributed by atoms with Crippen molar-refractivity contribution < 1.29 is 4.74 Å². The summed E-state index contributed by atoms with van der Waals surface area (Å²) in [4.78, 5) is 13.1. The van der Waals surface area contributed by atoms with E-state index in [1.54, 1.807) is 6.20 Å². The van der Waals surface area contributed by atoms with Gasteiger partial charge in [-0.3, -0.25) is 4.98 Å². The number of nitrogens with zero attached hydrogens (tertiary/aromatic N) is 4. The van der Waals surface area contributed by atoms with Gasteiger partial charge < -0.3 is 20.3 Å². The second kappa shape index (κ2) is 9.92. The third kappa shape index (κ3) is 6.07. The van der Waals surface area contributed by atoms with Crippen LogP contribution in [0, 0.1) is 5.92 Å². The first-order valence-electron chi connectivity index (χ1n) is 11.0. The van der Waals surface area contributed by atoms with Crippen molar-refractivity contribution in [2.24, 2.45) is 5.92 Å². The van der Waals surface area contributed by atoms with Crippen LogP contribution in [0.2, 0.25) is 0 Å². The lowest BCUT2D eigenvalue weighted by Gasteiger charge is -2.28. The van der Waals surface area contributed by atoms with E-state index in [1.807, 2.05) is 24.5 Å². The minimum atomic E-state index is 0.573. The van der Waals surface area contributed by atoms with Crippen LogP contribution in [0.25, 0.3) is 0 Å². The van der Waals surface area contributed by atoms with Crippen LogP contribution in [0.5, 0.6) is 0 Å². The summed E-state index contributed by atoms with van der Waals surface area (Å²) in [5.74, 6) is 1.53. The zero-order valence-electron chi connectivity index (χ0n) is 17.3. The molecule has 0 spiro atoms. The van der Waals surface area contributed by atoms with Gasteiger partial charge in [-0.1, -0.05) is 0 Å².